The van der Waals surface area contributed by atoms with Gasteiger partial charge in [-0.3, -0.25) is 25.2 Å². The van der Waals surface area contributed by atoms with Crippen molar-refractivity contribution >= 4 is 23.4 Å². The summed E-state index contributed by atoms with van der Waals surface area (Å²) in [5, 5.41) is 2.68. The van der Waals surface area contributed by atoms with Gasteiger partial charge in [-0.1, -0.05) is 30.3 Å². The summed E-state index contributed by atoms with van der Waals surface area (Å²) in [5.41, 5.74) is 6.46. The quantitative estimate of drug-likeness (QED) is 0.739. The summed E-state index contributed by atoms with van der Waals surface area (Å²) in [6.07, 6.45) is -1.17. The molecule has 0 spiro atoms. The van der Waals surface area contributed by atoms with Crippen LogP contribution in [0.3, 0.4) is 0 Å². The van der Waals surface area contributed by atoms with Crippen LogP contribution in [0, 0.1) is 6.92 Å². The average Bonchev–Trinajstić information content (AvgIpc) is 2.61. The summed E-state index contributed by atoms with van der Waals surface area (Å²) < 4.78 is 5.54. The van der Waals surface area contributed by atoms with E-state index in [9.17, 15) is 14.4 Å². The Balaban J connectivity index is 1.56. The lowest BCUT2D eigenvalue weighted by Gasteiger charge is -2.25. The highest BCUT2D eigenvalue weighted by molar-refractivity contribution is 6.00. The van der Waals surface area contributed by atoms with Crippen LogP contribution in [0.4, 0.5) is 5.69 Å². The Morgan fingerprint density at radius 1 is 1.08 bits per heavy atom. The first-order chi connectivity index (χ1) is 12.0. The highest BCUT2D eigenvalue weighted by Crippen LogP contribution is 2.29. The maximum atomic E-state index is 12.1. The van der Waals surface area contributed by atoms with Crippen molar-refractivity contribution in [3.8, 4) is 5.75 Å². The predicted octanol–water partition coefficient (Wildman–Crippen LogP) is 1.55. The topological polar surface area (TPSA) is 96.5 Å². The highest BCUT2D eigenvalue weighted by Gasteiger charge is 2.29. The van der Waals surface area contributed by atoms with Gasteiger partial charge >= 0.3 is 0 Å². The lowest BCUT2D eigenvalue weighted by molar-refractivity contribution is -0.130. The minimum atomic E-state index is -0.953. The van der Waals surface area contributed by atoms with E-state index in [4.69, 9.17) is 4.74 Å². The van der Waals surface area contributed by atoms with Gasteiger partial charge in [-0.15, -0.1) is 0 Å². The van der Waals surface area contributed by atoms with Crippen LogP contribution >= 0.6 is 0 Å². The number of para-hydroxylation sites is 2. The van der Waals surface area contributed by atoms with E-state index in [2.05, 4.69) is 16.2 Å². The zero-order chi connectivity index (χ0) is 17.8. The Morgan fingerprint density at radius 2 is 1.80 bits per heavy atom. The van der Waals surface area contributed by atoms with Crippen molar-refractivity contribution in [3.05, 3.63) is 59.7 Å². The molecular weight excluding hydrogens is 322 g/mol. The fourth-order valence-electron chi connectivity index (χ4n) is 2.47. The van der Waals surface area contributed by atoms with Crippen LogP contribution in [0.2, 0.25) is 0 Å². The molecular formula is C18H17N3O4. The van der Waals surface area contributed by atoms with Crippen LogP contribution < -0.4 is 20.9 Å². The molecule has 0 radical (unpaired) electrons. The molecule has 1 atom stereocenters. The van der Waals surface area contributed by atoms with Crippen LogP contribution in [0.1, 0.15) is 22.3 Å². The second kappa shape index (κ2) is 7.04. The number of benzene rings is 2. The van der Waals surface area contributed by atoms with Crippen LogP contribution in [-0.4, -0.2) is 23.8 Å². The van der Waals surface area contributed by atoms with Gasteiger partial charge < -0.3 is 10.1 Å². The molecule has 2 aromatic carbocycles. The minimum Gasteiger partial charge on any atom is -0.478 e. The molecule has 128 valence electrons. The molecule has 0 saturated carbocycles. The van der Waals surface area contributed by atoms with E-state index in [1.54, 1.807) is 49.4 Å². The number of nitrogens with one attached hydrogen (secondary N) is 3. The van der Waals surface area contributed by atoms with Gasteiger partial charge in [0, 0.05) is 5.56 Å². The van der Waals surface area contributed by atoms with Crippen molar-refractivity contribution < 1.29 is 19.1 Å². The first-order valence-corrected chi connectivity index (χ1v) is 7.76. The molecule has 1 aliphatic heterocycles. The Labute approximate surface area is 144 Å². The zero-order valence-corrected chi connectivity index (χ0v) is 13.5. The molecule has 0 aromatic heterocycles. The smallest absolute Gasteiger partial charge is 0.269 e. The lowest BCUT2D eigenvalue weighted by atomic mass is 10.1. The number of hydrogen-bond acceptors (Lipinski definition) is 4. The molecule has 3 rings (SSSR count). The number of ether oxygens (including phenoxy) is 1. The second-order valence-electron chi connectivity index (χ2n) is 5.61. The number of amides is 3. The summed E-state index contributed by atoms with van der Waals surface area (Å²) >= 11 is 0. The maximum Gasteiger partial charge on any atom is 0.269 e. The molecule has 1 aliphatic rings. The van der Waals surface area contributed by atoms with Crippen LogP contribution in [-0.2, 0) is 9.59 Å². The largest absolute Gasteiger partial charge is 0.478 e. The van der Waals surface area contributed by atoms with Crippen LogP contribution in [0.25, 0.3) is 0 Å². The highest BCUT2D eigenvalue weighted by atomic mass is 16.5. The van der Waals surface area contributed by atoms with Crippen molar-refractivity contribution in [3.63, 3.8) is 0 Å². The molecule has 7 heteroatoms. The van der Waals surface area contributed by atoms with Gasteiger partial charge in [-0.25, -0.2) is 0 Å². The molecule has 3 amide bonds. The molecule has 0 fully saturated rings. The van der Waals surface area contributed by atoms with E-state index in [0.717, 1.165) is 5.56 Å². The zero-order valence-electron chi connectivity index (χ0n) is 13.5. The minimum absolute atomic E-state index is 0.214. The number of fused-ring (bicyclic) bond motifs is 1. The molecule has 0 aliphatic carbocycles. The molecule has 2 aromatic rings. The average molecular weight is 339 g/mol. The number of aryl methyl sites for hydroxylation is 1. The number of hydrogen-bond donors (Lipinski definition) is 3. The third-order valence-corrected chi connectivity index (χ3v) is 3.78. The predicted molar refractivity (Wildman–Crippen MR) is 90.9 cm³/mol. The molecule has 0 unspecified atom stereocenters. The van der Waals surface area contributed by atoms with Crippen molar-refractivity contribution in [2.75, 3.05) is 5.32 Å². The van der Waals surface area contributed by atoms with Gasteiger partial charge in [0.25, 0.3) is 11.8 Å². The van der Waals surface area contributed by atoms with Gasteiger partial charge in [-0.05, 0) is 30.7 Å². The van der Waals surface area contributed by atoms with Crippen molar-refractivity contribution in [1.82, 2.24) is 10.9 Å². The number of rotatable bonds is 3. The second-order valence-corrected chi connectivity index (χ2v) is 5.61. The van der Waals surface area contributed by atoms with Crippen LogP contribution in [0.15, 0.2) is 48.5 Å². The molecule has 7 nitrogen and oxygen atoms in total. The number of carbonyl (C=O) groups excluding carboxylic acids is 3. The standard InChI is InChI=1S/C18H17N3O4/c1-11-6-2-3-7-12(11)17(23)21-20-16(22)10-15-18(24)19-13-8-4-5-9-14(13)25-15/h2-9,15H,10H2,1H3,(H,19,24)(H,20,22)(H,21,23)/t15-/m1/s1. The van der Waals surface area contributed by atoms with E-state index in [-0.39, 0.29) is 6.42 Å². The van der Waals surface area contributed by atoms with E-state index >= 15 is 0 Å². The molecule has 3 N–H and O–H groups in total. The Kier molecular flexibility index (Phi) is 4.65. The van der Waals surface area contributed by atoms with Gasteiger partial charge in [-0.2, -0.15) is 0 Å². The van der Waals surface area contributed by atoms with Gasteiger partial charge in [0.1, 0.15) is 5.75 Å². The molecule has 0 saturated heterocycles. The van der Waals surface area contributed by atoms with E-state index < -0.39 is 23.8 Å². The number of hydrazine groups is 1. The van der Waals surface area contributed by atoms with E-state index in [1.165, 1.54) is 0 Å². The monoisotopic (exact) mass is 339 g/mol. The van der Waals surface area contributed by atoms with Gasteiger partial charge in [0.2, 0.25) is 5.91 Å². The summed E-state index contributed by atoms with van der Waals surface area (Å²) in [6, 6.07) is 14.0. The van der Waals surface area contributed by atoms with Crippen molar-refractivity contribution in [2.45, 2.75) is 19.4 Å². The molecule has 1 heterocycles. The van der Waals surface area contributed by atoms with Gasteiger partial charge in [0.15, 0.2) is 6.10 Å². The van der Waals surface area contributed by atoms with Crippen LogP contribution in [0.5, 0.6) is 5.75 Å². The Hall–Kier alpha value is -3.35. The third kappa shape index (κ3) is 3.77. The first kappa shape index (κ1) is 16.5. The number of anilines is 1. The van der Waals surface area contributed by atoms with E-state index in [1.807, 2.05) is 6.07 Å². The normalized spacial score (nSPS) is 15.4. The number of carbonyl (C=O) groups is 3. The fourth-order valence-corrected chi connectivity index (χ4v) is 2.47. The summed E-state index contributed by atoms with van der Waals surface area (Å²) in [4.78, 5) is 36.1. The Bertz CT molecular complexity index is 835. The van der Waals surface area contributed by atoms with Crippen molar-refractivity contribution in [2.24, 2.45) is 0 Å². The SMILES string of the molecule is Cc1ccccc1C(=O)NNC(=O)C[C@H]1Oc2ccccc2NC1=O. The third-order valence-electron chi connectivity index (χ3n) is 3.78. The van der Waals surface area contributed by atoms with Crippen molar-refractivity contribution in [1.29, 1.82) is 0 Å². The fraction of sp³-hybridized carbons (Fsp3) is 0.167. The summed E-state index contributed by atoms with van der Waals surface area (Å²) in [6.45, 7) is 1.80. The summed E-state index contributed by atoms with van der Waals surface area (Å²) in [5.74, 6) is -0.852. The van der Waals surface area contributed by atoms with E-state index in [0.29, 0.717) is 17.0 Å². The maximum absolute atomic E-state index is 12.1. The Morgan fingerprint density at radius 3 is 2.60 bits per heavy atom. The first-order valence-electron chi connectivity index (χ1n) is 7.76. The lowest BCUT2D eigenvalue weighted by Crippen LogP contribution is -2.46. The molecule has 0 bridgehead atoms. The molecule has 25 heavy (non-hydrogen) atoms. The summed E-state index contributed by atoms with van der Waals surface area (Å²) in [7, 11) is 0. The van der Waals surface area contributed by atoms with Gasteiger partial charge in [0.05, 0.1) is 12.1 Å².